The minimum absolute atomic E-state index is 0.266. The lowest BCUT2D eigenvalue weighted by Gasteiger charge is -2.10. The Bertz CT molecular complexity index is 591. The van der Waals surface area contributed by atoms with Gasteiger partial charge in [0.2, 0.25) is 0 Å². The van der Waals surface area contributed by atoms with Crippen LogP contribution in [-0.4, -0.2) is 25.4 Å². The van der Waals surface area contributed by atoms with Crippen molar-refractivity contribution < 1.29 is 10.0 Å². The molecule has 0 bridgehead atoms. The van der Waals surface area contributed by atoms with Crippen molar-refractivity contribution in [3.8, 4) is 5.75 Å². The second kappa shape index (κ2) is 6.87. The molecular formula is C17H21N2O+. The Morgan fingerprint density at radius 1 is 1.00 bits per heavy atom. The Hall–Kier alpha value is -2.13. The summed E-state index contributed by atoms with van der Waals surface area (Å²) in [5.74, 6) is 0.266. The van der Waals surface area contributed by atoms with Crippen LogP contribution < -0.4 is 4.90 Å². The van der Waals surface area contributed by atoms with E-state index in [9.17, 15) is 5.11 Å². The smallest absolute Gasteiger partial charge is 0.124 e. The van der Waals surface area contributed by atoms with E-state index in [2.05, 4.69) is 37.3 Å². The van der Waals surface area contributed by atoms with E-state index in [1.54, 1.807) is 12.3 Å². The van der Waals surface area contributed by atoms with Crippen LogP contribution in [-0.2, 0) is 13.1 Å². The van der Waals surface area contributed by atoms with Gasteiger partial charge in [0.15, 0.2) is 0 Å². The van der Waals surface area contributed by atoms with Crippen LogP contribution in [0.1, 0.15) is 16.7 Å². The lowest BCUT2D eigenvalue weighted by molar-refractivity contribution is -0.872. The molecule has 2 aromatic rings. The Kier molecular flexibility index (Phi) is 4.91. The molecule has 104 valence electrons. The van der Waals surface area contributed by atoms with E-state index in [1.807, 2.05) is 24.3 Å². The second-order valence-corrected chi connectivity index (χ2v) is 5.18. The average Bonchev–Trinajstić information content (AvgIpc) is 2.42. The molecule has 2 rings (SSSR count). The van der Waals surface area contributed by atoms with Crippen LogP contribution in [0.2, 0.25) is 0 Å². The summed E-state index contributed by atoms with van der Waals surface area (Å²) in [7, 11) is 4.28. The first-order valence-electron chi connectivity index (χ1n) is 6.80. The number of rotatable bonds is 5. The van der Waals surface area contributed by atoms with Crippen LogP contribution in [0.3, 0.4) is 0 Å². The van der Waals surface area contributed by atoms with Gasteiger partial charge in [0.05, 0.1) is 20.6 Å². The zero-order valence-corrected chi connectivity index (χ0v) is 12.0. The normalized spacial score (nSPS) is 11.3. The molecule has 3 heteroatoms. The summed E-state index contributed by atoms with van der Waals surface area (Å²) in [6.45, 7) is 1.63. The number of aromatic hydroxyl groups is 1. The summed E-state index contributed by atoms with van der Waals surface area (Å²) in [6.07, 6.45) is 1.73. The number of para-hydroxylation sites is 1. The molecule has 0 aromatic heterocycles. The fourth-order valence-electron chi connectivity index (χ4n) is 2.10. The van der Waals surface area contributed by atoms with Crippen LogP contribution in [0.5, 0.6) is 5.75 Å². The van der Waals surface area contributed by atoms with Gasteiger partial charge >= 0.3 is 0 Å². The Balaban J connectivity index is 2.09. The maximum Gasteiger partial charge on any atom is 0.124 e. The van der Waals surface area contributed by atoms with E-state index in [-0.39, 0.29) is 5.75 Å². The number of aliphatic imine (C=N–C) groups is 1. The molecule has 0 unspecified atom stereocenters. The van der Waals surface area contributed by atoms with Crippen molar-refractivity contribution in [2.45, 2.75) is 13.1 Å². The molecule has 0 fully saturated rings. The van der Waals surface area contributed by atoms with Crippen LogP contribution in [0.25, 0.3) is 0 Å². The standard InChI is InChI=1S/C17H20N2O/c1-19(2)13-16-9-4-3-7-14(16)11-18-12-15-8-5-6-10-17(15)20/h3-10,12,20H,11,13H2,1-2H3/p+1. The largest absolute Gasteiger partial charge is 0.507 e. The number of benzene rings is 2. The molecule has 0 amide bonds. The van der Waals surface area contributed by atoms with Gasteiger partial charge in [-0.25, -0.2) is 0 Å². The SMILES string of the molecule is C[NH+](C)Cc1ccccc1CN=Cc1ccccc1O. The maximum absolute atomic E-state index is 9.69. The molecular weight excluding hydrogens is 248 g/mol. The van der Waals surface area contributed by atoms with Crippen LogP contribution >= 0.6 is 0 Å². The van der Waals surface area contributed by atoms with Crippen LogP contribution in [0.4, 0.5) is 0 Å². The van der Waals surface area contributed by atoms with Crippen molar-refractivity contribution in [3.05, 3.63) is 65.2 Å². The minimum Gasteiger partial charge on any atom is -0.507 e. The predicted octanol–water partition coefficient (Wildman–Crippen LogP) is 1.66. The summed E-state index contributed by atoms with van der Waals surface area (Å²) in [5, 5.41) is 9.69. The molecule has 0 aliphatic heterocycles. The molecule has 0 radical (unpaired) electrons. The summed E-state index contributed by atoms with van der Waals surface area (Å²) >= 11 is 0. The van der Waals surface area contributed by atoms with Gasteiger partial charge in [-0.1, -0.05) is 36.4 Å². The topological polar surface area (TPSA) is 37.0 Å². The zero-order chi connectivity index (χ0) is 14.4. The Morgan fingerprint density at radius 3 is 2.35 bits per heavy atom. The number of hydrogen-bond donors (Lipinski definition) is 2. The molecule has 3 nitrogen and oxygen atoms in total. The number of quaternary nitrogens is 1. The molecule has 0 heterocycles. The molecule has 0 aliphatic rings. The van der Waals surface area contributed by atoms with E-state index in [4.69, 9.17) is 0 Å². The average molecular weight is 269 g/mol. The molecule has 0 aliphatic carbocycles. The van der Waals surface area contributed by atoms with Crippen molar-refractivity contribution in [1.29, 1.82) is 0 Å². The lowest BCUT2D eigenvalue weighted by Crippen LogP contribution is -3.04. The molecule has 0 saturated carbocycles. The van der Waals surface area contributed by atoms with E-state index in [1.165, 1.54) is 16.0 Å². The molecule has 20 heavy (non-hydrogen) atoms. The van der Waals surface area contributed by atoms with Gasteiger partial charge in [-0.15, -0.1) is 0 Å². The fourth-order valence-corrected chi connectivity index (χ4v) is 2.10. The van der Waals surface area contributed by atoms with E-state index < -0.39 is 0 Å². The second-order valence-electron chi connectivity index (χ2n) is 5.18. The van der Waals surface area contributed by atoms with E-state index in [0.717, 1.165) is 12.1 Å². The highest BCUT2D eigenvalue weighted by Crippen LogP contribution is 2.14. The molecule has 2 N–H and O–H groups in total. The molecule has 0 atom stereocenters. The van der Waals surface area contributed by atoms with Gasteiger partial charge < -0.3 is 10.0 Å². The Labute approximate surface area is 120 Å². The summed E-state index contributed by atoms with van der Waals surface area (Å²) in [4.78, 5) is 5.84. The monoisotopic (exact) mass is 269 g/mol. The van der Waals surface area contributed by atoms with E-state index >= 15 is 0 Å². The van der Waals surface area contributed by atoms with Crippen molar-refractivity contribution in [2.24, 2.45) is 4.99 Å². The fraction of sp³-hybridized carbons (Fsp3) is 0.235. The van der Waals surface area contributed by atoms with Crippen molar-refractivity contribution in [3.63, 3.8) is 0 Å². The van der Waals surface area contributed by atoms with Gasteiger partial charge in [0.25, 0.3) is 0 Å². The van der Waals surface area contributed by atoms with Crippen molar-refractivity contribution in [2.75, 3.05) is 14.1 Å². The molecule has 0 saturated heterocycles. The highest BCUT2D eigenvalue weighted by molar-refractivity contribution is 5.83. The maximum atomic E-state index is 9.69. The third-order valence-corrected chi connectivity index (χ3v) is 3.09. The number of hydrogen-bond acceptors (Lipinski definition) is 2. The number of nitrogens with zero attached hydrogens (tertiary/aromatic N) is 1. The van der Waals surface area contributed by atoms with E-state index in [0.29, 0.717) is 6.54 Å². The third kappa shape index (κ3) is 3.93. The van der Waals surface area contributed by atoms with Crippen molar-refractivity contribution in [1.82, 2.24) is 0 Å². The zero-order valence-electron chi connectivity index (χ0n) is 12.0. The predicted molar refractivity (Wildman–Crippen MR) is 82.4 cm³/mol. The third-order valence-electron chi connectivity index (χ3n) is 3.09. The van der Waals surface area contributed by atoms with Crippen LogP contribution in [0.15, 0.2) is 53.5 Å². The first kappa shape index (κ1) is 14.3. The van der Waals surface area contributed by atoms with Gasteiger partial charge in [-0.2, -0.15) is 0 Å². The quantitative estimate of drug-likeness (QED) is 0.796. The first-order valence-corrected chi connectivity index (χ1v) is 6.80. The van der Waals surface area contributed by atoms with Crippen molar-refractivity contribution >= 4 is 6.21 Å². The van der Waals surface area contributed by atoms with Crippen LogP contribution in [0, 0.1) is 0 Å². The van der Waals surface area contributed by atoms with Gasteiger partial charge in [-0.3, -0.25) is 4.99 Å². The highest BCUT2D eigenvalue weighted by Gasteiger charge is 2.04. The number of phenols is 1. The number of phenolic OH excluding ortho intramolecular Hbond substituents is 1. The number of nitrogens with one attached hydrogen (secondary N) is 1. The summed E-state index contributed by atoms with van der Waals surface area (Å²) in [5.41, 5.74) is 3.31. The molecule has 0 spiro atoms. The van der Waals surface area contributed by atoms with Gasteiger partial charge in [0, 0.05) is 17.3 Å². The first-order chi connectivity index (χ1) is 9.66. The minimum atomic E-state index is 0.266. The Morgan fingerprint density at radius 2 is 1.65 bits per heavy atom. The summed E-state index contributed by atoms with van der Waals surface area (Å²) in [6, 6.07) is 15.6. The molecule has 2 aromatic carbocycles. The van der Waals surface area contributed by atoms with Gasteiger partial charge in [-0.05, 0) is 17.7 Å². The lowest BCUT2D eigenvalue weighted by atomic mass is 10.1. The summed E-state index contributed by atoms with van der Waals surface area (Å²) < 4.78 is 0. The van der Waals surface area contributed by atoms with Gasteiger partial charge in [0.1, 0.15) is 12.3 Å². The highest BCUT2D eigenvalue weighted by atomic mass is 16.3.